The molecule has 1 aliphatic heterocycles. The maximum absolute atomic E-state index is 11.3. The molecule has 0 radical (unpaired) electrons. The summed E-state index contributed by atoms with van der Waals surface area (Å²) in [6.07, 6.45) is 5.56. The molecule has 0 aromatic rings. The van der Waals surface area contributed by atoms with Crippen LogP contribution in [0.5, 0.6) is 0 Å². The quantitative estimate of drug-likeness (QED) is 0.558. The van der Waals surface area contributed by atoms with Crippen LogP contribution >= 0.6 is 0 Å². The van der Waals surface area contributed by atoms with Crippen molar-refractivity contribution in [3.63, 3.8) is 0 Å². The van der Waals surface area contributed by atoms with Gasteiger partial charge in [-0.3, -0.25) is 0 Å². The number of hydrogen-bond acceptors (Lipinski definition) is 2. The SMILES string of the molecule is CCC1=C2CCCCC2OC1=O. The molecular formula is C10H14O2. The summed E-state index contributed by atoms with van der Waals surface area (Å²) in [4.78, 5) is 11.3. The molecule has 12 heavy (non-hydrogen) atoms. The minimum Gasteiger partial charge on any atom is -0.454 e. The summed E-state index contributed by atoms with van der Waals surface area (Å²) in [6.45, 7) is 2.03. The first kappa shape index (κ1) is 7.84. The fourth-order valence-corrected chi connectivity index (χ4v) is 2.16. The number of ether oxygens (including phenoxy) is 1. The molecule has 0 amide bonds. The van der Waals surface area contributed by atoms with Gasteiger partial charge < -0.3 is 4.74 Å². The van der Waals surface area contributed by atoms with E-state index in [9.17, 15) is 4.79 Å². The van der Waals surface area contributed by atoms with Gasteiger partial charge in [0.1, 0.15) is 6.10 Å². The van der Waals surface area contributed by atoms with E-state index in [-0.39, 0.29) is 12.1 Å². The van der Waals surface area contributed by atoms with E-state index in [1.165, 1.54) is 18.4 Å². The summed E-state index contributed by atoms with van der Waals surface area (Å²) < 4.78 is 5.26. The van der Waals surface area contributed by atoms with Gasteiger partial charge in [-0.1, -0.05) is 6.92 Å². The van der Waals surface area contributed by atoms with E-state index in [2.05, 4.69) is 0 Å². The molecule has 1 atom stereocenters. The number of esters is 1. The van der Waals surface area contributed by atoms with E-state index < -0.39 is 0 Å². The Hall–Kier alpha value is -0.790. The second-order valence-corrected chi connectivity index (χ2v) is 3.50. The molecule has 2 aliphatic rings. The van der Waals surface area contributed by atoms with E-state index in [0.717, 1.165) is 24.8 Å². The summed E-state index contributed by atoms with van der Waals surface area (Å²) in [5.74, 6) is -0.0561. The molecule has 1 unspecified atom stereocenters. The van der Waals surface area contributed by atoms with Crippen LogP contribution in [0.1, 0.15) is 39.0 Å². The van der Waals surface area contributed by atoms with Crippen molar-refractivity contribution in [2.45, 2.75) is 45.1 Å². The molecule has 0 N–H and O–H groups in total. The highest BCUT2D eigenvalue weighted by Gasteiger charge is 2.33. The molecule has 1 saturated carbocycles. The van der Waals surface area contributed by atoms with Gasteiger partial charge in [0, 0.05) is 5.57 Å². The lowest BCUT2D eigenvalue weighted by Crippen LogP contribution is -2.15. The van der Waals surface area contributed by atoms with Crippen molar-refractivity contribution in [2.75, 3.05) is 0 Å². The Morgan fingerprint density at radius 2 is 2.33 bits per heavy atom. The van der Waals surface area contributed by atoms with E-state index in [0.29, 0.717) is 0 Å². The van der Waals surface area contributed by atoms with Crippen molar-refractivity contribution in [3.05, 3.63) is 11.1 Å². The van der Waals surface area contributed by atoms with Crippen molar-refractivity contribution in [3.8, 4) is 0 Å². The van der Waals surface area contributed by atoms with Crippen LogP contribution in [-0.4, -0.2) is 12.1 Å². The van der Waals surface area contributed by atoms with Crippen molar-refractivity contribution in [1.82, 2.24) is 0 Å². The summed E-state index contributed by atoms with van der Waals surface area (Å²) >= 11 is 0. The average Bonchev–Trinajstić information content (AvgIpc) is 2.40. The molecule has 66 valence electrons. The van der Waals surface area contributed by atoms with Crippen LogP contribution in [0.15, 0.2) is 11.1 Å². The van der Waals surface area contributed by atoms with Crippen LogP contribution in [0.3, 0.4) is 0 Å². The summed E-state index contributed by atoms with van der Waals surface area (Å²) in [7, 11) is 0. The van der Waals surface area contributed by atoms with Gasteiger partial charge in [-0.05, 0) is 37.7 Å². The molecule has 0 aromatic carbocycles. The largest absolute Gasteiger partial charge is 0.454 e. The molecule has 0 spiro atoms. The van der Waals surface area contributed by atoms with Crippen molar-refractivity contribution >= 4 is 5.97 Å². The molecule has 1 aliphatic carbocycles. The molecule has 2 rings (SSSR count). The fourth-order valence-electron chi connectivity index (χ4n) is 2.16. The predicted molar refractivity (Wildman–Crippen MR) is 45.7 cm³/mol. The highest BCUT2D eigenvalue weighted by molar-refractivity contribution is 5.92. The number of hydrogen-bond donors (Lipinski definition) is 0. The third kappa shape index (κ3) is 1.06. The van der Waals surface area contributed by atoms with Gasteiger partial charge in [0.15, 0.2) is 0 Å². The molecule has 2 heteroatoms. The van der Waals surface area contributed by atoms with Crippen LogP contribution in [-0.2, 0) is 9.53 Å². The monoisotopic (exact) mass is 166 g/mol. The fraction of sp³-hybridized carbons (Fsp3) is 0.700. The second kappa shape index (κ2) is 2.92. The Labute approximate surface area is 72.6 Å². The van der Waals surface area contributed by atoms with Crippen molar-refractivity contribution in [1.29, 1.82) is 0 Å². The Balaban J connectivity index is 2.28. The normalized spacial score (nSPS) is 28.8. The summed E-state index contributed by atoms with van der Waals surface area (Å²) in [5, 5.41) is 0. The van der Waals surface area contributed by atoms with E-state index >= 15 is 0 Å². The van der Waals surface area contributed by atoms with Gasteiger partial charge in [0.05, 0.1) is 0 Å². The standard InChI is InChI=1S/C10H14O2/c1-2-7-8-5-3-4-6-9(8)12-10(7)11/h9H,2-6H2,1H3. The first-order chi connectivity index (χ1) is 5.83. The van der Waals surface area contributed by atoms with Crippen molar-refractivity contribution < 1.29 is 9.53 Å². The lowest BCUT2D eigenvalue weighted by atomic mass is 9.90. The maximum atomic E-state index is 11.3. The van der Waals surface area contributed by atoms with Crippen LogP contribution in [0.25, 0.3) is 0 Å². The smallest absolute Gasteiger partial charge is 0.334 e. The zero-order chi connectivity index (χ0) is 8.55. The van der Waals surface area contributed by atoms with Crippen LogP contribution in [0, 0.1) is 0 Å². The molecular weight excluding hydrogens is 152 g/mol. The second-order valence-electron chi connectivity index (χ2n) is 3.50. The Kier molecular flexibility index (Phi) is 1.91. The number of carbonyl (C=O) groups is 1. The molecule has 1 fully saturated rings. The Morgan fingerprint density at radius 3 is 3.08 bits per heavy atom. The van der Waals surface area contributed by atoms with Gasteiger partial charge in [-0.15, -0.1) is 0 Å². The zero-order valence-corrected chi connectivity index (χ0v) is 7.43. The zero-order valence-electron chi connectivity index (χ0n) is 7.43. The highest BCUT2D eigenvalue weighted by atomic mass is 16.5. The predicted octanol–water partition coefficient (Wildman–Crippen LogP) is 2.19. The van der Waals surface area contributed by atoms with Crippen LogP contribution in [0.2, 0.25) is 0 Å². The third-order valence-electron chi connectivity index (χ3n) is 2.79. The summed E-state index contributed by atoms with van der Waals surface area (Å²) in [5.41, 5.74) is 2.26. The van der Waals surface area contributed by atoms with Gasteiger partial charge >= 0.3 is 5.97 Å². The lowest BCUT2D eigenvalue weighted by molar-refractivity contribution is -0.140. The molecule has 2 nitrogen and oxygen atoms in total. The highest BCUT2D eigenvalue weighted by Crippen LogP contribution is 2.35. The number of fused-ring (bicyclic) bond motifs is 1. The van der Waals surface area contributed by atoms with E-state index in [4.69, 9.17) is 4.74 Å². The van der Waals surface area contributed by atoms with Gasteiger partial charge in [0.25, 0.3) is 0 Å². The van der Waals surface area contributed by atoms with E-state index in [1.807, 2.05) is 6.92 Å². The first-order valence-electron chi connectivity index (χ1n) is 4.76. The van der Waals surface area contributed by atoms with Crippen LogP contribution in [0.4, 0.5) is 0 Å². The topological polar surface area (TPSA) is 26.3 Å². The molecule has 0 bridgehead atoms. The van der Waals surface area contributed by atoms with Gasteiger partial charge in [0.2, 0.25) is 0 Å². The molecule has 1 heterocycles. The molecule has 0 aromatic heterocycles. The number of carbonyl (C=O) groups excluding carboxylic acids is 1. The third-order valence-corrected chi connectivity index (χ3v) is 2.79. The minimum atomic E-state index is -0.0561. The van der Waals surface area contributed by atoms with Crippen molar-refractivity contribution in [2.24, 2.45) is 0 Å². The van der Waals surface area contributed by atoms with Gasteiger partial charge in [-0.25, -0.2) is 4.79 Å². The minimum absolute atomic E-state index is 0.0561. The first-order valence-corrected chi connectivity index (χ1v) is 4.76. The summed E-state index contributed by atoms with van der Waals surface area (Å²) in [6, 6.07) is 0. The number of rotatable bonds is 1. The Bertz CT molecular complexity index is 240. The molecule has 0 saturated heterocycles. The van der Waals surface area contributed by atoms with E-state index in [1.54, 1.807) is 0 Å². The maximum Gasteiger partial charge on any atom is 0.334 e. The average molecular weight is 166 g/mol. The van der Waals surface area contributed by atoms with Crippen LogP contribution < -0.4 is 0 Å². The lowest BCUT2D eigenvalue weighted by Gasteiger charge is -2.18. The van der Waals surface area contributed by atoms with Gasteiger partial charge in [-0.2, -0.15) is 0 Å². The Morgan fingerprint density at radius 1 is 1.50 bits per heavy atom.